The highest BCUT2D eigenvalue weighted by molar-refractivity contribution is 5.93. The highest BCUT2D eigenvalue weighted by atomic mass is 16.5. The van der Waals surface area contributed by atoms with Crippen LogP contribution < -0.4 is 0 Å². The van der Waals surface area contributed by atoms with E-state index in [4.69, 9.17) is 9.84 Å². The summed E-state index contributed by atoms with van der Waals surface area (Å²) < 4.78 is 5.23. The molecule has 2 heterocycles. The Bertz CT molecular complexity index is 476. The first-order chi connectivity index (χ1) is 8.39. The molecule has 18 heavy (non-hydrogen) atoms. The molecule has 0 saturated carbocycles. The van der Waals surface area contributed by atoms with E-state index in [2.05, 4.69) is 10.2 Å². The number of aliphatic carboxylic acids is 1. The van der Waals surface area contributed by atoms with E-state index < -0.39 is 11.6 Å². The van der Waals surface area contributed by atoms with Crippen LogP contribution in [-0.2, 0) is 9.53 Å². The van der Waals surface area contributed by atoms with Crippen LogP contribution in [0.15, 0.2) is 6.07 Å². The molecule has 1 saturated heterocycles. The molecule has 0 atom stereocenters. The van der Waals surface area contributed by atoms with Crippen LogP contribution in [0.2, 0.25) is 0 Å². The third kappa shape index (κ3) is 2.51. The number of aromatic nitrogens is 2. The van der Waals surface area contributed by atoms with E-state index in [0.29, 0.717) is 18.8 Å². The first-order valence-corrected chi connectivity index (χ1v) is 5.57. The molecular formula is C11H15N3O4. The summed E-state index contributed by atoms with van der Waals surface area (Å²) in [5, 5.41) is 15.1. The van der Waals surface area contributed by atoms with Crippen molar-refractivity contribution >= 4 is 11.9 Å². The van der Waals surface area contributed by atoms with Gasteiger partial charge in [0, 0.05) is 5.69 Å². The predicted molar refractivity (Wildman–Crippen MR) is 61.2 cm³/mol. The second-order valence-corrected chi connectivity index (χ2v) is 4.73. The number of H-pyrrole nitrogens is 1. The zero-order valence-corrected chi connectivity index (χ0v) is 10.3. The minimum atomic E-state index is -1.01. The average Bonchev–Trinajstić information content (AvgIpc) is 2.68. The lowest BCUT2D eigenvalue weighted by Gasteiger charge is -2.46. The van der Waals surface area contributed by atoms with Gasteiger partial charge in [0.25, 0.3) is 5.91 Å². The van der Waals surface area contributed by atoms with Crippen LogP contribution in [-0.4, -0.2) is 57.4 Å². The van der Waals surface area contributed by atoms with Crippen LogP contribution in [0.5, 0.6) is 0 Å². The maximum Gasteiger partial charge on any atom is 0.329 e. The number of carbonyl (C=O) groups excluding carboxylic acids is 1. The normalized spacial score (nSPS) is 17.3. The summed E-state index contributed by atoms with van der Waals surface area (Å²) in [6.45, 7) is 4.02. The van der Waals surface area contributed by atoms with Crippen molar-refractivity contribution in [1.82, 2.24) is 15.1 Å². The number of hydrogen-bond donors (Lipinski definition) is 2. The number of aromatic amines is 1. The summed E-state index contributed by atoms with van der Waals surface area (Å²) in [7, 11) is 0. The standard InChI is InChI=1S/C11H15N3O4/c1-7-3-8(13-12-7)10(17)14-5-11(2,6-14)18-4-9(15)16/h3H,4-6H2,1-2H3,(H,12,13)(H,15,16). The molecule has 1 aromatic heterocycles. The van der Waals surface area contributed by atoms with Crippen molar-refractivity contribution in [2.45, 2.75) is 19.4 Å². The molecule has 7 heteroatoms. The molecule has 98 valence electrons. The average molecular weight is 253 g/mol. The zero-order valence-electron chi connectivity index (χ0n) is 10.3. The van der Waals surface area contributed by atoms with E-state index in [-0.39, 0.29) is 12.5 Å². The molecular weight excluding hydrogens is 238 g/mol. The van der Waals surface area contributed by atoms with Crippen LogP contribution in [0.3, 0.4) is 0 Å². The molecule has 2 rings (SSSR count). The Labute approximate surface area is 104 Å². The van der Waals surface area contributed by atoms with Crippen molar-refractivity contribution < 1.29 is 19.4 Å². The van der Waals surface area contributed by atoms with Gasteiger partial charge in [0.2, 0.25) is 0 Å². The second-order valence-electron chi connectivity index (χ2n) is 4.73. The fourth-order valence-corrected chi connectivity index (χ4v) is 1.92. The largest absolute Gasteiger partial charge is 0.480 e. The van der Waals surface area contributed by atoms with Gasteiger partial charge < -0.3 is 14.7 Å². The number of rotatable bonds is 4. The number of likely N-dealkylation sites (tertiary alicyclic amines) is 1. The highest BCUT2D eigenvalue weighted by Gasteiger charge is 2.43. The number of hydrogen-bond acceptors (Lipinski definition) is 4. The third-order valence-corrected chi connectivity index (χ3v) is 2.81. The summed E-state index contributed by atoms with van der Waals surface area (Å²) in [6.07, 6.45) is 0. The summed E-state index contributed by atoms with van der Waals surface area (Å²) in [5.41, 5.74) is 0.621. The Kier molecular flexibility index (Phi) is 3.08. The van der Waals surface area contributed by atoms with Gasteiger partial charge in [-0.25, -0.2) is 4.79 Å². The van der Waals surface area contributed by atoms with E-state index in [9.17, 15) is 9.59 Å². The van der Waals surface area contributed by atoms with Crippen molar-refractivity contribution in [1.29, 1.82) is 0 Å². The predicted octanol–water partition coefficient (Wildman–Crippen LogP) is 0.0338. The smallest absolute Gasteiger partial charge is 0.329 e. The molecule has 0 aliphatic carbocycles. The van der Waals surface area contributed by atoms with Crippen molar-refractivity contribution in [3.8, 4) is 0 Å². The Morgan fingerprint density at radius 1 is 1.61 bits per heavy atom. The molecule has 0 spiro atoms. The number of amides is 1. The van der Waals surface area contributed by atoms with Gasteiger partial charge in [-0.2, -0.15) is 5.10 Å². The van der Waals surface area contributed by atoms with Crippen molar-refractivity contribution in [3.05, 3.63) is 17.5 Å². The number of nitrogens with zero attached hydrogens (tertiary/aromatic N) is 2. The number of ether oxygens (including phenoxy) is 1. The number of carboxylic acids is 1. The lowest BCUT2D eigenvalue weighted by atomic mass is 9.96. The van der Waals surface area contributed by atoms with Gasteiger partial charge in [0.15, 0.2) is 0 Å². The van der Waals surface area contributed by atoms with Crippen LogP contribution >= 0.6 is 0 Å². The fourth-order valence-electron chi connectivity index (χ4n) is 1.92. The van der Waals surface area contributed by atoms with Gasteiger partial charge in [-0.05, 0) is 19.9 Å². The molecule has 0 unspecified atom stereocenters. The van der Waals surface area contributed by atoms with Gasteiger partial charge in [-0.1, -0.05) is 0 Å². The lowest BCUT2D eigenvalue weighted by Crippen LogP contribution is -2.63. The molecule has 1 aliphatic heterocycles. The number of aryl methyl sites for hydroxylation is 1. The van der Waals surface area contributed by atoms with Gasteiger partial charge in [-0.15, -0.1) is 0 Å². The van der Waals surface area contributed by atoms with Crippen molar-refractivity contribution in [3.63, 3.8) is 0 Å². The molecule has 7 nitrogen and oxygen atoms in total. The minimum absolute atomic E-state index is 0.171. The van der Waals surface area contributed by atoms with Crippen LogP contribution in [0.25, 0.3) is 0 Å². The third-order valence-electron chi connectivity index (χ3n) is 2.81. The lowest BCUT2D eigenvalue weighted by molar-refractivity contribution is -0.159. The molecule has 0 aromatic carbocycles. The molecule has 1 amide bonds. The Hall–Kier alpha value is -1.89. The molecule has 1 aliphatic rings. The molecule has 0 bridgehead atoms. The first kappa shape index (κ1) is 12.6. The maximum absolute atomic E-state index is 11.9. The van der Waals surface area contributed by atoms with Crippen LogP contribution in [0, 0.1) is 6.92 Å². The molecule has 0 radical (unpaired) electrons. The quantitative estimate of drug-likeness (QED) is 0.789. The number of carbonyl (C=O) groups is 2. The summed E-state index contributed by atoms with van der Waals surface area (Å²) in [4.78, 5) is 23.9. The van der Waals surface area contributed by atoms with E-state index in [1.807, 2.05) is 6.92 Å². The van der Waals surface area contributed by atoms with E-state index >= 15 is 0 Å². The zero-order chi connectivity index (χ0) is 13.3. The van der Waals surface area contributed by atoms with Crippen molar-refractivity contribution in [2.75, 3.05) is 19.7 Å². The minimum Gasteiger partial charge on any atom is -0.480 e. The summed E-state index contributed by atoms with van der Waals surface area (Å²) >= 11 is 0. The van der Waals surface area contributed by atoms with Gasteiger partial charge >= 0.3 is 5.97 Å². The first-order valence-electron chi connectivity index (χ1n) is 5.57. The van der Waals surface area contributed by atoms with Gasteiger partial charge in [0.05, 0.1) is 13.1 Å². The number of carboxylic acid groups (broad SMARTS) is 1. The van der Waals surface area contributed by atoms with Crippen molar-refractivity contribution in [2.24, 2.45) is 0 Å². The monoisotopic (exact) mass is 253 g/mol. The topological polar surface area (TPSA) is 95.5 Å². The Morgan fingerprint density at radius 3 is 2.78 bits per heavy atom. The molecule has 1 aromatic rings. The van der Waals surface area contributed by atoms with E-state index in [1.54, 1.807) is 17.9 Å². The highest BCUT2D eigenvalue weighted by Crippen LogP contribution is 2.25. The van der Waals surface area contributed by atoms with Crippen LogP contribution in [0.1, 0.15) is 23.1 Å². The van der Waals surface area contributed by atoms with Crippen LogP contribution in [0.4, 0.5) is 0 Å². The Balaban J connectivity index is 1.88. The second kappa shape index (κ2) is 4.41. The summed E-state index contributed by atoms with van der Waals surface area (Å²) in [6, 6.07) is 1.68. The van der Waals surface area contributed by atoms with Gasteiger partial charge in [-0.3, -0.25) is 9.89 Å². The summed E-state index contributed by atoms with van der Waals surface area (Å²) in [5.74, 6) is -1.18. The maximum atomic E-state index is 11.9. The van der Waals surface area contributed by atoms with E-state index in [0.717, 1.165) is 5.69 Å². The Morgan fingerprint density at radius 2 is 2.28 bits per heavy atom. The van der Waals surface area contributed by atoms with E-state index in [1.165, 1.54) is 0 Å². The van der Waals surface area contributed by atoms with Gasteiger partial charge in [0.1, 0.15) is 17.9 Å². The SMILES string of the molecule is Cc1cc(C(=O)N2CC(C)(OCC(=O)O)C2)n[nH]1. The molecule has 2 N–H and O–H groups in total. The molecule has 1 fully saturated rings. The fraction of sp³-hybridized carbons (Fsp3) is 0.545. The number of nitrogens with one attached hydrogen (secondary N) is 1.